The van der Waals surface area contributed by atoms with E-state index in [9.17, 15) is 15.0 Å². The van der Waals surface area contributed by atoms with Crippen LogP contribution in [0.4, 0.5) is 5.69 Å². The van der Waals surface area contributed by atoms with Gasteiger partial charge in [-0.15, -0.1) is 0 Å². The highest BCUT2D eigenvalue weighted by molar-refractivity contribution is 6.46. The first kappa shape index (κ1) is 17.1. The zero-order chi connectivity index (χ0) is 17.1. The largest absolute Gasteiger partial charge is 0.504 e. The number of benzene rings is 1. The van der Waals surface area contributed by atoms with Gasteiger partial charge in [-0.05, 0) is 23.8 Å². The Morgan fingerprint density at radius 1 is 1.17 bits per heavy atom. The molecular formula is C13H8Cl3N3O4. The minimum absolute atomic E-state index is 0.0232. The second kappa shape index (κ2) is 6.91. The first-order valence-electron chi connectivity index (χ1n) is 5.90. The lowest BCUT2D eigenvalue weighted by atomic mass is 10.2. The van der Waals surface area contributed by atoms with Gasteiger partial charge in [-0.3, -0.25) is 5.43 Å². The van der Waals surface area contributed by atoms with E-state index in [1.54, 1.807) is 0 Å². The maximum atomic E-state index is 11.0. The third kappa shape index (κ3) is 3.76. The molecule has 0 amide bonds. The summed E-state index contributed by atoms with van der Waals surface area (Å²) < 4.78 is 0. The molecule has 0 unspecified atom stereocenters. The molecule has 0 spiro atoms. The number of nitrogens with zero attached hydrogens (tertiary/aromatic N) is 2. The Bertz CT molecular complexity index is 812. The molecule has 0 saturated heterocycles. The quantitative estimate of drug-likeness (QED) is 0.280. The highest BCUT2D eigenvalue weighted by atomic mass is 35.5. The standard InChI is InChI=1S/C13H8Cl3N3O4/c14-8-10(9(15)12(16)18-11(8)13(22)23)19-17-4-5-1-2-6(20)7(21)3-5/h1-4,20-21H,(H,18,19)(H,22,23)/b17-4+. The normalized spacial score (nSPS) is 10.9. The Morgan fingerprint density at radius 3 is 2.48 bits per heavy atom. The second-order valence-corrected chi connectivity index (χ2v) is 5.29. The highest BCUT2D eigenvalue weighted by Gasteiger charge is 2.20. The number of halogens is 3. The second-order valence-electron chi connectivity index (χ2n) is 4.18. The predicted molar refractivity (Wildman–Crippen MR) is 87.2 cm³/mol. The zero-order valence-corrected chi connectivity index (χ0v) is 13.4. The molecule has 0 fully saturated rings. The van der Waals surface area contributed by atoms with E-state index in [0.29, 0.717) is 5.56 Å². The van der Waals surface area contributed by atoms with E-state index in [1.807, 2.05) is 0 Å². The molecule has 4 N–H and O–H groups in total. The molecule has 0 aliphatic carbocycles. The molecule has 2 rings (SSSR count). The van der Waals surface area contributed by atoms with Gasteiger partial charge in [-0.25, -0.2) is 9.78 Å². The molecular weight excluding hydrogens is 369 g/mol. The fourth-order valence-corrected chi connectivity index (χ4v) is 2.21. The Hall–Kier alpha value is -2.22. The average molecular weight is 377 g/mol. The predicted octanol–water partition coefficient (Wildman–Crippen LogP) is 3.60. The molecule has 1 heterocycles. The summed E-state index contributed by atoms with van der Waals surface area (Å²) in [4.78, 5) is 14.6. The van der Waals surface area contributed by atoms with E-state index in [1.165, 1.54) is 24.4 Å². The van der Waals surface area contributed by atoms with Crippen LogP contribution in [0.15, 0.2) is 23.3 Å². The van der Waals surface area contributed by atoms with Gasteiger partial charge in [0.2, 0.25) is 0 Å². The van der Waals surface area contributed by atoms with Gasteiger partial charge < -0.3 is 15.3 Å². The molecule has 23 heavy (non-hydrogen) atoms. The van der Waals surface area contributed by atoms with Crippen LogP contribution >= 0.6 is 34.8 Å². The first-order valence-corrected chi connectivity index (χ1v) is 7.03. The molecule has 0 aliphatic rings. The number of carboxylic acids is 1. The summed E-state index contributed by atoms with van der Waals surface area (Å²) in [6.45, 7) is 0. The Morgan fingerprint density at radius 2 is 1.87 bits per heavy atom. The first-order chi connectivity index (χ1) is 10.8. The van der Waals surface area contributed by atoms with E-state index in [4.69, 9.17) is 39.9 Å². The molecule has 1 aromatic heterocycles. The third-order valence-electron chi connectivity index (χ3n) is 2.63. The number of nitrogens with one attached hydrogen (secondary N) is 1. The molecule has 7 nitrogen and oxygen atoms in total. The minimum Gasteiger partial charge on any atom is -0.504 e. The van der Waals surface area contributed by atoms with Gasteiger partial charge in [0, 0.05) is 0 Å². The summed E-state index contributed by atoms with van der Waals surface area (Å²) in [7, 11) is 0. The van der Waals surface area contributed by atoms with Crippen molar-refractivity contribution >= 4 is 52.7 Å². The number of carboxylic acid groups (broad SMARTS) is 1. The number of anilines is 1. The molecule has 0 bridgehead atoms. The molecule has 2 aromatic rings. The monoisotopic (exact) mass is 375 g/mol. The number of phenols is 2. The smallest absolute Gasteiger partial charge is 0.356 e. The molecule has 0 atom stereocenters. The van der Waals surface area contributed by atoms with Crippen LogP contribution in [0.1, 0.15) is 16.1 Å². The number of aromatic nitrogens is 1. The summed E-state index contributed by atoms with van der Waals surface area (Å²) in [5.74, 6) is -1.96. The van der Waals surface area contributed by atoms with Crippen LogP contribution in [-0.2, 0) is 0 Å². The van der Waals surface area contributed by atoms with Gasteiger partial charge in [0.15, 0.2) is 22.3 Å². The molecule has 120 valence electrons. The number of aromatic hydroxyl groups is 2. The fraction of sp³-hybridized carbons (Fsp3) is 0. The lowest BCUT2D eigenvalue weighted by Gasteiger charge is -2.09. The van der Waals surface area contributed by atoms with Crippen LogP contribution in [0.2, 0.25) is 15.2 Å². The van der Waals surface area contributed by atoms with Crippen molar-refractivity contribution in [3.8, 4) is 11.5 Å². The van der Waals surface area contributed by atoms with Crippen LogP contribution in [0, 0.1) is 0 Å². The number of hydrogen-bond acceptors (Lipinski definition) is 6. The number of hydrogen-bond donors (Lipinski definition) is 4. The maximum Gasteiger partial charge on any atom is 0.356 e. The van der Waals surface area contributed by atoms with Gasteiger partial charge in [0.1, 0.15) is 10.0 Å². The minimum atomic E-state index is -1.37. The van der Waals surface area contributed by atoms with Gasteiger partial charge in [0.05, 0.1) is 11.9 Å². The van der Waals surface area contributed by atoms with Gasteiger partial charge in [-0.2, -0.15) is 5.10 Å². The molecule has 0 radical (unpaired) electrons. The van der Waals surface area contributed by atoms with E-state index in [0.717, 1.165) is 0 Å². The van der Waals surface area contributed by atoms with Crippen molar-refractivity contribution in [2.75, 3.05) is 5.43 Å². The lowest BCUT2D eigenvalue weighted by molar-refractivity contribution is 0.0691. The summed E-state index contributed by atoms with van der Waals surface area (Å²) in [5.41, 5.74) is 2.44. The van der Waals surface area contributed by atoms with Crippen LogP contribution in [0.25, 0.3) is 0 Å². The Labute approximate surface area is 144 Å². The lowest BCUT2D eigenvalue weighted by Crippen LogP contribution is -2.05. The number of carbonyl (C=O) groups is 1. The molecule has 1 aromatic carbocycles. The number of hydrazone groups is 1. The summed E-state index contributed by atoms with van der Waals surface area (Å²) in [5, 5.41) is 30.8. The summed E-state index contributed by atoms with van der Waals surface area (Å²) >= 11 is 17.6. The SMILES string of the molecule is O=C(O)c1nc(Cl)c(Cl)c(N/N=C/c2ccc(O)c(O)c2)c1Cl. The molecule has 10 heteroatoms. The van der Waals surface area contributed by atoms with Crippen molar-refractivity contribution in [1.29, 1.82) is 0 Å². The Balaban J connectivity index is 2.31. The van der Waals surface area contributed by atoms with Crippen molar-refractivity contribution < 1.29 is 20.1 Å². The van der Waals surface area contributed by atoms with Crippen LogP contribution in [-0.4, -0.2) is 32.5 Å². The highest BCUT2D eigenvalue weighted by Crippen LogP contribution is 2.36. The maximum absolute atomic E-state index is 11.0. The number of pyridine rings is 1. The van der Waals surface area contributed by atoms with Crippen molar-refractivity contribution in [2.45, 2.75) is 0 Å². The molecule has 0 aliphatic heterocycles. The number of rotatable bonds is 4. The number of phenolic OH excluding ortho intramolecular Hbond substituents is 2. The topological polar surface area (TPSA) is 115 Å². The summed E-state index contributed by atoms with van der Waals surface area (Å²) in [6.07, 6.45) is 1.29. The van der Waals surface area contributed by atoms with Crippen LogP contribution < -0.4 is 5.43 Å². The molecule has 0 saturated carbocycles. The van der Waals surface area contributed by atoms with Crippen molar-refractivity contribution in [3.05, 3.63) is 44.7 Å². The Kier molecular flexibility index (Phi) is 5.15. The van der Waals surface area contributed by atoms with Crippen molar-refractivity contribution in [1.82, 2.24) is 4.98 Å². The van der Waals surface area contributed by atoms with Crippen molar-refractivity contribution in [3.63, 3.8) is 0 Å². The van der Waals surface area contributed by atoms with Gasteiger partial charge in [-0.1, -0.05) is 34.8 Å². The van der Waals surface area contributed by atoms with E-state index >= 15 is 0 Å². The van der Waals surface area contributed by atoms with Crippen LogP contribution in [0.3, 0.4) is 0 Å². The summed E-state index contributed by atoms with van der Waals surface area (Å²) in [6, 6.07) is 4.04. The van der Waals surface area contributed by atoms with Crippen LogP contribution in [0.5, 0.6) is 11.5 Å². The average Bonchev–Trinajstić information content (AvgIpc) is 2.49. The van der Waals surface area contributed by atoms with E-state index in [-0.39, 0.29) is 32.4 Å². The van der Waals surface area contributed by atoms with Gasteiger partial charge in [0.25, 0.3) is 0 Å². The van der Waals surface area contributed by atoms with Gasteiger partial charge >= 0.3 is 5.97 Å². The fourth-order valence-electron chi connectivity index (χ4n) is 1.55. The van der Waals surface area contributed by atoms with E-state index in [2.05, 4.69) is 15.5 Å². The number of aromatic carboxylic acids is 1. The van der Waals surface area contributed by atoms with Crippen molar-refractivity contribution in [2.24, 2.45) is 5.10 Å². The van der Waals surface area contributed by atoms with E-state index < -0.39 is 11.7 Å². The third-order valence-corrected chi connectivity index (χ3v) is 3.74. The zero-order valence-electron chi connectivity index (χ0n) is 11.1.